The molecule has 2 aromatic rings. The van der Waals surface area contributed by atoms with Gasteiger partial charge in [0.05, 0.1) is 12.7 Å². The van der Waals surface area contributed by atoms with E-state index in [0.717, 1.165) is 4.90 Å². The van der Waals surface area contributed by atoms with Crippen LogP contribution in [0.15, 0.2) is 58.3 Å². The van der Waals surface area contributed by atoms with E-state index in [9.17, 15) is 9.18 Å². The lowest BCUT2D eigenvalue weighted by Gasteiger charge is -2.05. The number of rotatable bonds is 3. The van der Waals surface area contributed by atoms with Gasteiger partial charge in [-0.1, -0.05) is 30.0 Å². The first-order valence-electron chi connectivity index (χ1n) is 5.31. The van der Waals surface area contributed by atoms with E-state index in [0.29, 0.717) is 4.90 Å². The molecule has 2 nitrogen and oxygen atoms in total. The zero-order valence-electron chi connectivity index (χ0n) is 9.72. The first-order chi connectivity index (χ1) is 8.70. The van der Waals surface area contributed by atoms with Gasteiger partial charge in [0.1, 0.15) is 5.82 Å². The number of carbonyl (C=O) groups excluding carboxylic acids is 1. The summed E-state index contributed by atoms with van der Waals surface area (Å²) in [5.41, 5.74) is 0.215. The molecule has 0 amide bonds. The van der Waals surface area contributed by atoms with Crippen LogP contribution in [0.3, 0.4) is 0 Å². The monoisotopic (exact) mass is 262 g/mol. The zero-order chi connectivity index (χ0) is 13.0. The lowest BCUT2D eigenvalue weighted by molar-refractivity contribution is 0.0600. The minimum Gasteiger partial charge on any atom is -0.465 e. The second-order valence-corrected chi connectivity index (χ2v) is 4.67. The molecule has 0 atom stereocenters. The van der Waals surface area contributed by atoms with Gasteiger partial charge in [-0.25, -0.2) is 9.18 Å². The maximum atomic E-state index is 13.8. The Bertz CT molecular complexity index is 555. The van der Waals surface area contributed by atoms with Crippen molar-refractivity contribution in [2.45, 2.75) is 9.79 Å². The van der Waals surface area contributed by atoms with Crippen molar-refractivity contribution >= 4 is 17.7 Å². The fraction of sp³-hybridized carbons (Fsp3) is 0.0714. The number of esters is 1. The van der Waals surface area contributed by atoms with Crippen molar-refractivity contribution in [2.24, 2.45) is 0 Å². The van der Waals surface area contributed by atoms with E-state index < -0.39 is 11.8 Å². The summed E-state index contributed by atoms with van der Waals surface area (Å²) in [6, 6.07) is 13.8. The molecule has 0 aromatic heterocycles. The fourth-order valence-corrected chi connectivity index (χ4v) is 2.28. The average molecular weight is 262 g/mol. The highest BCUT2D eigenvalue weighted by Crippen LogP contribution is 2.29. The van der Waals surface area contributed by atoms with Crippen LogP contribution in [0.1, 0.15) is 10.4 Å². The molecule has 0 radical (unpaired) electrons. The number of benzene rings is 2. The van der Waals surface area contributed by atoms with Crippen LogP contribution in [0.25, 0.3) is 0 Å². The Morgan fingerprint density at radius 1 is 1.17 bits per heavy atom. The van der Waals surface area contributed by atoms with E-state index in [-0.39, 0.29) is 5.56 Å². The normalized spacial score (nSPS) is 10.1. The van der Waals surface area contributed by atoms with Crippen molar-refractivity contribution in [1.29, 1.82) is 0 Å². The van der Waals surface area contributed by atoms with Crippen molar-refractivity contribution in [3.63, 3.8) is 0 Å². The topological polar surface area (TPSA) is 26.3 Å². The van der Waals surface area contributed by atoms with E-state index >= 15 is 0 Å². The van der Waals surface area contributed by atoms with Crippen molar-refractivity contribution in [3.8, 4) is 0 Å². The van der Waals surface area contributed by atoms with Crippen LogP contribution >= 0.6 is 11.8 Å². The second-order valence-electron chi connectivity index (χ2n) is 3.55. The van der Waals surface area contributed by atoms with Crippen LogP contribution in [-0.4, -0.2) is 13.1 Å². The van der Waals surface area contributed by atoms with E-state index in [2.05, 4.69) is 4.74 Å². The van der Waals surface area contributed by atoms with E-state index in [1.165, 1.54) is 24.9 Å². The van der Waals surface area contributed by atoms with Gasteiger partial charge in [0.15, 0.2) is 0 Å². The minimum absolute atomic E-state index is 0.215. The molecule has 0 N–H and O–H groups in total. The summed E-state index contributed by atoms with van der Waals surface area (Å²) in [7, 11) is 1.27. The number of hydrogen-bond acceptors (Lipinski definition) is 3. The third kappa shape index (κ3) is 2.90. The highest BCUT2D eigenvalue weighted by atomic mass is 32.2. The number of hydrogen-bond donors (Lipinski definition) is 0. The van der Waals surface area contributed by atoms with Gasteiger partial charge in [-0.2, -0.15) is 0 Å². The predicted molar refractivity (Wildman–Crippen MR) is 68.3 cm³/mol. The molecule has 92 valence electrons. The molecular formula is C14H11FO2S. The molecule has 0 spiro atoms. The van der Waals surface area contributed by atoms with Crippen LogP contribution in [0.2, 0.25) is 0 Å². The molecule has 18 heavy (non-hydrogen) atoms. The smallest absolute Gasteiger partial charge is 0.337 e. The number of halogens is 1. The standard InChI is InChI=1S/C14H11FO2S/c1-17-14(16)10-7-8-13(12(15)9-10)18-11-5-3-2-4-6-11/h2-9H,1H3. The summed E-state index contributed by atoms with van der Waals surface area (Å²) < 4.78 is 18.3. The molecule has 0 aliphatic rings. The second kappa shape index (κ2) is 5.69. The van der Waals surface area contributed by atoms with Crippen LogP contribution < -0.4 is 0 Å². The molecule has 0 saturated carbocycles. The Labute approximate surface area is 109 Å². The quantitative estimate of drug-likeness (QED) is 0.788. The van der Waals surface area contributed by atoms with E-state index in [1.54, 1.807) is 12.1 Å². The lowest BCUT2D eigenvalue weighted by Crippen LogP contribution is -2.01. The summed E-state index contributed by atoms with van der Waals surface area (Å²) in [5.74, 6) is -0.961. The van der Waals surface area contributed by atoms with Gasteiger partial charge in [0.2, 0.25) is 0 Å². The van der Waals surface area contributed by atoms with Crippen LogP contribution in [0, 0.1) is 5.82 Å². The molecule has 0 heterocycles. The Balaban J connectivity index is 2.23. The Morgan fingerprint density at radius 2 is 1.89 bits per heavy atom. The first kappa shape index (κ1) is 12.6. The lowest BCUT2D eigenvalue weighted by atomic mass is 10.2. The molecule has 0 unspecified atom stereocenters. The van der Waals surface area contributed by atoms with E-state index in [4.69, 9.17) is 0 Å². The Kier molecular flexibility index (Phi) is 3.99. The van der Waals surface area contributed by atoms with Gasteiger partial charge in [-0.3, -0.25) is 0 Å². The highest BCUT2D eigenvalue weighted by molar-refractivity contribution is 7.99. The minimum atomic E-state index is -0.537. The predicted octanol–water partition coefficient (Wildman–Crippen LogP) is 3.76. The van der Waals surface area contributed by atoms with Gasteiger partial charge < -0.3 is 4.74 Å². The zero-order valence-corrected chi connectivity index (χ0v) is 10.5. The third-order valence-electron chi connectivity index (χ3n) is 2.32. The van der Waals surface area contributed by atoms with Gasteiger partial charge >= 0.3 is 5.97 Å². The van der Waals surface area contributed by atoms with Gasteiger partial charge in [0, 0.05) is 9.79 Å². The summed E-state index contributed by atoms with van der Waals surface area (Å²) in [5, 5.41) is 0. The summed E-state index contributed by atoms with van der Waals surface area (Å²) in [6.07, 6.45) is 0. The molecule has 2 aromatic carbocycles. The van der Waals surface area contributed by atoms with Crippen molar-refractivity contribution in [3.05, 3.63) is 59.9 Å². The average Bonchev–Trinajstić information content (AvgIpc) is 2.41. The Hall–Kier alpha value is -1.81. The summed E-state index contributed by atoms with van der Waals surface area (Å²) >= 11 is 1.32. The molecule has 0 bridgehead atoms. The molecule has 0 saturated heterocycles. The molecule has 0 aliphatic carbocycles. The van der Waals surface area contributed by atoms with Gasteiger partial charge in [-0.05, 0) is 30.3 Å². The summed E-state index contributed by atoms with van der Waals surface area (Å²) in [6.45, 7) is 0. The summed E-state index contributed by atoms with van der Waals surface area (Å²) in [4.78, 5) is 12.7. The number of ether oxygens (including phenoxy) is 1. The fourth-order valence-electron chi connectivity index (χ4n) is 1.44. The molecule has 2 rings (SSSR count). The first-order valence-corrected chi connectivity index (χ1v) is 6.13. The van der Waals surface area contributed by atoms with Crippen molar-refractivity contribution in [2.75, 3.05) is 7.11 Å². The maximum absolute atomic E-state index is 13.8. The Morgan fingerprint density at radius 3 is 2.50 bits per heavy atom. The maximum Gasteiger partial charge on any atom is 0.337 e. The van der Waals surface area contributed by atoms with E-state index in [1.807, 2.05) is 30.3 Å². The SMILES string of the molecule is COC(=O)c1ccc(Sc2ccccc2)c(F)c1. The molecule has 0 fully saturated rings. The molecular weight excluding hydrogens is 251 g/mol. The molecule has 0 aliphatic heterocycles. The van der Waals surface area contributed by atoms with Crippen LogP contribution in [-0.2, 0) is 4.74 Å². The number of methoxy groups -OCH3 is 1. The van der Waals surface area contributed by atoms with Crippen molar-refractivity contribution in [1.82, 2.24) is 0 Å². The van der Waals surface area contributed by atoms with Crippen molar-refractivity contribution < 1.29 is 13.9 Å². The molecule has 4 heteroatoms. The van der Waals surface area contributed by atoms with Crippen LogP contribution in [0.4, 0.5) is 4.39 Å². The highest BCUT2D eigenvalue weighted by Gasteiger charge is 2.10. The van der Waals surface area contributed by atoms with Crippen LogP contribution in [0.5, 0.6) is 0 Å². The third-order valence-corrected chi connectivity index (χ3v) is 3.38. The number of carbonyl (C=O) groups is 1. The van der Waals surface area contributed by atoms with Gasteiger partial charge in [0.25, 0.3) is 0 Å². The van der Waals surface area contributed by atoms with Gasteiger partial charge in [-0.15, -0.1) is 0 Å². The largest absolute Gasteiger partial charge is 0.465 e.